The second-order valence-electron chi connectivity index (χ2n) is 4.67. The Labute approximate surface area is 116 Å². The summed E-state index contributed by atoms with van der Waals surface area (Å²) in [6.45, 7) is 0.365. The molecule has 3 rings (SSSR count). The molecule has 1 amide bonds. The molecule has 19 heavy (non-hydrogen) atoms. The summed E-state index contributed by atoms with van der Waals surface area (Å²) in [5.41, 5.74) is 0.855. The molecule has 3 nitrogen and oxygen atoms in total. The average molecular weight is 274 g/mol. The molecule has 1 saturated heterocycles. The van der Waals surface area contributed by atoms with E-state index in [4.69, 9.17) is 11.6 Å². The highest BCUT2D eigenvalue weighted by molar-refractivity contribution is 6.39. The van der Waals surface area contributed by atoms with Gasteiger partial charge in [0.25, 0.3) is 5.91 Å². The van der Waals surface area contributed by atoms with Crippen molar-refractivity contribution < 1.29 is 9.59 Å². The zero-order valence-electron chi connectivity index (χ0n) is 10.1. The van der Waals surface area contributed by atoms with E-state index in [0.29, 0.717) is 11.6 Å². The molecule has 1 aromatic carbocycles. The summed E-state index contributed by atoms with van der Waals surface area (Å²) in [6, 6.07) is 7.19. The predicted molar refractivity (Wildman–Crippen MR) is 72.6 cm³/mol. The molecule has 0 spiro atoms. The number of carbonyl (C=O) groups excluding carboxylic acids is 2. The molecular weight excluding hydrogens is 262 g/mol. The van der Waals surface area contributed by atoms with Crippen LogP contribution in [0.15, 0.2) is 48.6 Å². The number of hydrogen-bond donors (Lipinski definition) is 0. The number of rotatable bonds is 2. The van der Waals surface area contributed by atoms with E-state index in [0.717, 1.165) is 5.56 Å². The first-order valence-corrected chi connectivity index (χ1v) is 6.49. The quantitative estimate of drug-likeness (QED) is 0.776. The highest BCUT2D eigenvalue weighted by Gasteiger charge is 2.45. The Morgan fingerprint density at radius 3 is 2.63 bits per heavy atom. The fourth-order valence-corrected chi connectivity index (χ4v) is 2.74. The molecule has 1 aromatic rings. The number of allylic oxidation sites excluding steroid dienone is 2. The maximum atomic E-state index is 12.1. The Balaban J connectivity index is 1.91. The smallest absolute Gasteiger partial charge is 0.291 e. The molecule has 4 heteroatoms. The van der Waals surface area contributed by atoms with Crippen LogP contribution in [0, 0.1) is 5.92 Å². The molecule has 2 atom stereocenters. The van der Waals surface area contributed by atoms with E-state index >= 15 is 0 Å². The van der Waals surface area contributed by atoms with Crippen LogP contribution < -0.4 is 0 Å². The van der Waals surface area contributed by atoms with Crippen LogP contribution in [0.4, 0.5) is 0 Å². The predicted octanol–water partition coefficient (Wildman–Crippen LogP) is 2.36. The Bertz CT molecular complexity index is 606. The number of Topliss-reactive ketones (excluding diaryl/α,β-unsaturated/α-hetero) is 1. The number of carbonyl (C=O) groups is 2. The molecule has 2 aliphatic rings. The van der Waals surface area contributed by atoms with Gasteiger partial charge in [-0.1, -0.05) is 54.1 Å². The van der Waals surface area contributed by atoms with Crippen molar-refractivity contribution in [2.75, 3.05) is 0 Å². The maximum absolute atomic E-state index is 12.1. The van der Waals surface area contributed by atoms with Gasteiger partial charge in [-0.25, -0.2) is 0 Å². The molecule has 0 bridgehead atoms. The molecule has 0 N–H and O–H groups in total. The van der Waals surface area contributed by atoms with E-state index < -0.39 is 5.91 Å². The van der Waals surface area contributed by atoms with Gasteiger partial charge < -0.3 is 4.90 Å². The van der Waals surface area contributed by atoms with Gasteiger partial charge in [-0.05, 0) is 11.6 Å². The molecule has 0 saturated carbocycles. The Hall–Kier alpha value is -1.87. The lowest BCUT2D eigenvalue weighted by atomic mass is 9.95. The summed E-state index contributed by atoms with van der Waals surface area (Å²) in [5.74, 6) is -1.11. The van der Waals surface area contributed by atoms with E-state index in [1.807, 2.05) is 36.4 Å². The van der Waals surface area contributed by atoms with Crippen molar-refractivity contribution in [1.29, 1.82) is 0 Å². The van der Waals surface area contributed by atoms with Crippen molar-refractivity contribution in [2.45, 2.75) is 12.6 Å². The number of ketones is 1. The van der Waals surface area contributed by atoms with Crippen molar-refractivity contribution in [1.82, 2.24) is 4.90 Å². The van der Waals surface area contributed by atoms with Gasteiger partial charge in [0.2, 0.25) is 5.78 Å². The fourth-order valence-electron chi connectivity index (χ4n) is 2.54. The first kappa shape index (κ1) is 12.2. The van der Waals surface area contributed by atoms with Gasteiger partial charge in [0.15, 0.2) is 0 Å². The highest BCUT2D eigenvalue weighted by atomic mass is 35.5. The normalized spacial score (nSPS) is 25.0. The van der Waals surface area contributed by atoms with Gasteiger partial charge in [-0.3, -0.25) is 9.59 Å². The third kappa shape index (κ3) is 2.00. The number of hydrogen-bond acceptors (Lipinski definition) is 2. The Morgan fingerprint density at radius 2 is 1.84 bits per heavy atom. The second kappa shape index (κ2) is 4.67. The average Bonchev–Trinajstić information content (AvgIpc) is 2.67. The van der Waals surface area contributed by atoms with Crippen LogP contribution in [0.2, 0.25) is 5.02 Å². The monoisotopic (exact) mass is 273 g/mol. The van der Waals surface area contributed by atoms with E-state index in [-0.39, 0.29) is 17.7 Å². The van der Waals surface area contributed by atoms with Gasteiger partial charge in [0, 0.05) is 11.6 Å². The van der Waals surface area contributed by atoms with Gasteiger partial charge in [-0.15, -0.1) is 0 Å². The summed E-state index contributed by atoms with van der Waals surface area (Å²) in [7, 11) is 0. The third-order valence-corrected chi connectivity index (χ3v) is 3.91. The van der Waals surface area contributed by atoms with Crippen molar-refractivity contribution in [3.8, 4) is 0 Å². The first-order chi connectivity index (χ1) is 9.18. The van der Waals surface area contributed by atoms with Crippen LogP contribution in [-0.2, 0) is 16.1 Å². The minimum atomic E-state index is -0.425. The number of fused-ring (bicyclic) bond motifs is 1. The number of benzene rings is 1. The molecule has 96 valence electrons. The van der Waals surface area contributed by atoms with Crippen LogP contribution in [0.1, 0.15) is 5.56 Å². The molecule has 0 aromatic heterocycles. The van der Waals surface area contributed by atoms with E-state index in [1.165, 1.54) is 0 Å². The standard InChI is InChI=1S/C15H12ClNO2/c16-12-7-3-1-5-10(12)9-17-13-8-4-2-6-11(13)14(18)15(17)19/h1-8,11,13H,9H2/t11-,13+/m0/s1. The number of amides is 1. The molecule has 1 heterocycles. The molecule has 1 fully saturated rings. The summed E-state index contributed by atoms with van der Waals surface area (Å²) in [6.07, 6.45) is 7.36. The van der Waals surface area contributed by atoms with Crippen molar-refractivity contribution in [3.05, 3.63) is 59.2 Å². The first-order valence-electron chi connectivity index (χ1n) is 6.11. The Kier molecular flexibility index (Phi) is 2.99. The molecule has 0 unspecified atom stereocenters. The minimum Gasteiger partial charge on any atom is -0.324 e. The summed E-state index contributed by atoms with van der Waals surface area (Å²) < 4.78 is 0. The lowest BCUT2D eigenvalue weighted by Gasteiger charge is -2.25. The maximum Gasteiger partial charge on any atom is 0.291 e. The zero-order valence-corrected chi connectivity index (χ0v) is 10.9. The van der Waals surface area contributed by atoms with Gasteiger partial charge >= 0.3 is 0 Å². The zero-order chi connectivity index (χ0) is 13.4. The SMILES string of the molecule is O=C1C(=O)N(Cc2ccccc2Cl)[C@@H]2C=CC=C[C@H]12. The van der Waals surface area contributed by atoms with Crippen LogP contribution in [-0.4, -0.2) is 22.6 Å². The number of nitrogens with zero attached hydrogens (tertiary/aromatic N) is 1. The van der Waals surface area contributed by atoms with E-state index in [2.05, 4.69) is 0 Å². The molecule has 1 aliphatic carbocycles. The van der Waals surface area contributed by atoms with Crippen molar-refractivity contribution in [3.63, 3.8) is 0 Å². The number of likely N-dealkylation sites (tertiary alicyclic amines) is 1. The summed E-state index contributed by atoms with van der Waals surface area (Å²) in [5, 5.41) is 0.613. The lowest BCUT2D eigenvalue weighted by Crippen LogP contribution is -2.33. The second-order valence-corrected chi connectivity index (χ2v) is 5.08. The van der Waals surface area contributed by atoms with Crippen molar-refractivity contribution >= 4 is 23.3 Å². The van der Waals surface area contributed by atoms with Crippen LogP contribution in [0.5, 0.6) is 0 Å². The molecular formula is C15H12ClNO2. The van der Waals surface area contributed by atoms with E-state index in [9.17, 15) is 9.59 Å². The number of halogens is 1. The summed E-state index contributed by atoms with van der Waals surface area (Å²) >= 11 is 6.11. The molecule has 1 aliphatic heterocycles. The largest absolute Gasteiger partial charge is 0.324 e. The van der Waals surface area contributed by atoms with Crippen LogP contribution >= 0.6 is 11.6 Å². The molecule has 0 radical (unpaired) electrons. The minimum absolute atomic E-state index is 0.179. The van der Waals surface area contributed by atoms with Crippen molar-refractivity contribution in [2.24, 2.45) is 5.92 Å². The Morgan fingerprint density at radius 1 is 1.11 bits per heavy atom. The van der Waals surface area contributed by atoms with Gasteiger partial charge in [0.1, 0.15) is 0 Å². The van der Waals surface area contributed by atoms with Gasteiger partial charge in [0.05, 0.1) is 12.0 Å². The van der Waals surface area contributed by atoms with Gasteiger partial charge in [-0.2, -0.15) is 0 Å². The highest BCUT2D eigenvalue weighted by Crippen LogP contribution is 2.30. The lowest BCUT2D eigenvalue weighted by molar-refractivity contribution is -0.141. The summed E-state index contributed by atoms with van der Waals surface area (Å²) in [4.78, 5) is 25.6. The van der Waals surface area contributed by atoms with Crippen LogP contribution in [0.3, 0.4) is 0 Å². The van der Waals surface area contributed by atoms with Crippen LogP contribution in [0.25, 0.3) is 0 Å². The third-order valence-electron chi connectivity index (χ3n) is 3.54. The topological polar surface area (TPSA) is 37.4 Å². The fraction of sp³-hybridized carbons (Fsp3) is 0.200. The van der Waals surface area contributed by atoms with E-state index in [1.54, 1.807) is 17.0 Å².